The fourth-order valence-electron chi connectivity index (χ4n) is 1.82. The number of para-hydroxylation sites is 1. The van der Waals surface area contributed by atoms with Gasteiger partial charge < -0.3 is 9.64 Å². The van der Waals surface area contributed by atoms with Gasteiger partial charge in [0, 0.05) is 18.8 Å². The van der Waals surface area contributed by atoms with Crippen LogP contribution in [0, 0.1) is 0 Å². The van der Waals surface area contributed by atoms with E-state index in [0.717, 1.165) is 25.9 Å². The van der Waals surface area contributed by atoms with E-state index in [1.54, 1.807) is 0 Å². The summed E-state index contributed by atoms with van der Waals surface area (Å²) in [5.74, 6) is -0.116. The Morgan fingerprint density at radius 3 is 2.50 bits per heavy atom. The maximum atomic E-state index is 11.4. The van der Waals surface area contributed by atoms with Crippen molar-refractivity contribution in [2.24, 2.45) is 0 Å². The maximum Gasteiger partial charge on any atom is 0.307 e. The van der Waals surface area contributed by atoms with Crippen molar-refractivity contribution in [1.29, 1.82) is 0 Å². The van der Waals surface area contributed by atoms with Crippen LogP contribution in [0.25, 0.3) is 0 Å². The molecular weight excluding hydrogens is 226 g/mol. The van der Waals surface area contributed by atoms with Crippen molar-refractivity contribution in [3.63, 3.8) is 0 Å². The van der Waals surface area contributed by atoms with Crippen molar-refractivity contribution < 1.29 is 9.53 Å². The Balaban J connectivity index is 2.53. The zero-order valence-electron chi connectivity index (χ0n) is 11.4. The summed E-state index contributed by atoms with van der Waals surface area (Å²) in [5.41, 5.74) is 1.18. The highest BCUT2D eigenvalue weighted by atomic mass is 16.5. The molecule has 1 aromatic carbocycles. The quantitative estimate of drug-likeness (QED) is 0.662. The lowest BCUT2D eigenvalue weighted by atomic mass is 10.2. The van der Waals surface area contributed by atoms with E-state index >= 15 is 0 Å². The molecule has 0 heterocycles. The number of carbonyl (C=O) groups is 1. The molecule has 0 unspecified atom stereocenters. The first-order valence-electron chi connectivity index (χ1n) is 6.73. The second-order valence-electron chi connectivity index (χ2n) is 4.23. The largest absolute Gasteiger partial charge is 0.466 e. The number of anilines is 1. The summed E-state index contributed by atoms with van der Waals surface area (Å²) in [4.78, 5) is 13.7. The molecule has 3 heteroatoms. The number of rotatable bonds is 8. The second-order valence-corrected chi connectivity index (χ2v) is 4.23. The Bertz CT molecular complexity index is 338. The number of unbranched alkanes of at least 4 members (excludes halogenated alkanes) is 1. The first kappa shape index (κ1) is 14.6. The molecule has 100 valence electrons. The average molecular weight is 249 g/mol. The molecule has 0 saturated heterocycles. The molecule has 0 saturated carbocycles. The molecular formula is C15H23NO2. The van der Waals surface area contributed by atoms with Crippen LogP contribution in [0.4, 0.5) is 5.69 Å². The van der Waals surface area contributed by atoms with Crippen LogP contribution in [0.15, 0.2) is 30.3 Å². The van der Waals surface area contributed by atoms with Crippen LogP contribution in [-0.2, 0) is 9.53 Å². The van der Waals surface area contributed by atoms with Gasteiger partial charge in [-0.2, -0.15) is 0 Å². The predicted molar refractivity (Wildman–Crippen MR) is 74.8 cm³/mol. The van der Waals surface area contributed by atoms with Gasteiger partial charge in [0.05, 0.1) is 13.0 Å². The molecule has 0 atom stereocenters. The van der Waals surface area contributed by atoms with Gasteiger partial charge in [-0.1, -0.05) is 31.5 Å². The third-order valence-electron chi connectivity index (χ3n) is 2.79. The monoisotopic (exact) mass is 249 g/mol. The number of benzene rings is 1. The molecule has 1 aromatic rings. The molecule has 0 N–H and O–H groups in total. The van der Waals surface area contributed by atoms with Crippen molar-refractivity contribution in [3.8, 4) is 0 Å². The summed E-state index contributed by atoms with van der Waals surface area (Å²) in [7, 11) is 0. The van der Waals surface area contributed by atoms with E-state index in [4.69, 9.17) is 4.74 Å². The molecule has 0 aliphatic heterocycles. The summed E-state index contributed by atoms with van der Waals surface area (Å²) < 4.78 is 4.97. The normalized spacial score (nSPS) is 10.1. The molecule has 18 heavy (non-hydrogen) atoms. The van der Waals surface area contributed by atoms with Crippen LogP contribution in [-0.4, -0.2) is 25.7 Å². The van der Waals surface area contributed by atoms with E-state index in [0.29, 0.717) is 13.0 Å². The molecule has 0 spiro atoms. The predicted octanol–water partition coefficient (Wildman–Crippen LogP) is 3.25. The standard InChI is InChI=1S/C15H23NO2/c1-3-5-12-16(13-11-15(17)18-4-2)14-9-7-6-8-10-14/h6-10H,3-5,11-13H2,1-2H3. The fourth-order valence-corrected chi connectivity index (χ4v) is 1.82. The van der Waals surface area contributed by atoms with Crippen LogP contribution < -0.4 is 4.90 Å². The van der Waals surface area contributed by atoms with E-state index in [1.807, 2.05) is 25.1 Å². The van der Waals surface area contributed by atoms with Crippen molar-refractivity contribution in [3.05, 3.63) is 30.3 Å². The summed E-state index contributed by atoms with van der Waals surface area (Å²) in [5, 5.41) is 0. The van der Waals surface area contributed by atoms with E-state index in [9.17, 15) is 4.79 Å². The smallest absolute Gasteiger partial charge is 0.307 e. The summed E-state index contributed by atoms with van der Waals surface area (Å²) in [6.45, 7) is 6.18. The lowest BCUT2D eigenvalue weighted by Crippen LogP contribution is -2.27. The van der Waals surface area contributed by atoms with Gasteiger partial charge in [-0.05, 0) is 25.5 Å². The highest BCUT2D eigenvalue weighted by Gasteiger charge is 2.09. The van der Waals surface area contributed by atoms with Gasteiger partial charge in [-0.15, -0.1) is 0 Å². The van der Waals surface area contributed by atoms with E-state index in [2.05, 4.69) is 24.0 Å². The maximum absolute atomic E-state index is 11.4. The minimum absolute atomic E-state index is 0.116. The minimum atomic E-state index is -0.116. The number of hydrogen-bond donors (Lipinski definition) is 0. The third kappa shape index (κ3) is 5.21. The first-order chi connectivity index (χ1) is 8.77. The minimum Gasteiger partial charge on any atom is -0.466 e. The van der Waals surface area contributed by atoms with E-state index < -0.39 is 0 Å². The van der Waals surface area contributed by atoms with Crippen molar-refractivity contribution in [2.75, 3.05) is 24.6 Å². The van der Waals surface area contributed by atoms with Crippen molar-refractivity contribution in [1.82, 2.24) is 0 Å². The molecule has 0 amide bonds. The number of hydrogen-bond acceptors (Lipinski definition) is 3. The molecule has 0 aliphatic carbocycles. The first-order valence-corrected chi connectivity index (χ1v) is 6.73. The van der Waals surface area contributed by atoms with Gasteiger partial charge in [0.25, 0.3) is 0 Å². The zero-order valence-corrected chi connectivity index (χ0v) is 11.4. The Hall–Kier alpha value is -1.51. The molecule has 0 radical (unpaired) electrons. The van der Waals surface area contributed by atoms with Gasteiger partial charge >= 0.3 is 5.97 Å². The highest BCUT2D eigenvalue weighted by Crippen LogP contribution is 2.14. The third-order valence-corrected chi connectivity index (χ3v) is 2.79. The molecule has 0 fully saturated rings. The summed E-state index contributed by atoms with van der Waals surface area (Å²) in [6.07, 6.45) is 2.74. The zero-order chi connectivity index (χ0) is 13.2. The lowest BCUT2D eigenvalue weighted by Gasteiger charge is -2.24. The molecule has 0 aliphatic rings. The van der Waals surface area contributed by atoms with Crippen LogP contribution >= 0.6 is 0 Å². The van der Waals surface area contributed by atoms with Crippen LogP contribution in [0.3, 0.4) is 0 Å². The van der Waals surface area contributed by atoms with Crippen LogP contribution in [0.5, 0.6) is 0 Å². The molecule has 3 nitrogen and oxygen atoms in total. The Morgan fingerprint density at radius 2 is 1.89 bits per heavy atom. The topological polar surface area (TPSA) is 29.5 Å². The highest BCUT2D eigenvalue weighted by molar-refractivity contribution is 5.70. The second kappa shape index (κ2) is 8.56. The lowest BCUT2D eigenvalue weighted by molar-refractivity contribution is -0.142. The molecule has 0 aromatic heterocycles. The average Bonchev–Trinajstić information content (AvgIpc) is 2.40. The van der Waals surface area contributed by atoms with Gasteiger partial charge in [0.2, 0.25) is 0 Å². The number of carbonyl (C=O) groups excluding carboxylic acids is 1. The summed E-state index contributed by atoms with van der Waals surface area (Å²) in [6, 6.07) is 10.2. The van der Waals surface area contributed by atoms with Gasteiger partial charge in [0.15, 0.2) is 0 Å². The SMILES string of the molecule is CCCCN(CCC(=O)OCC)c1ccccc1. The van der Waals surface area contributed by atoms with Crippen molar-refractivity contribution >= 4 is 11.7 Å². The number of ether oxygens (including phenoxy) is 1. The molecule has 0 bridgehead atoms. The molecule has 1 rings (SSSR count). The van der Waals surface area contributed by atoms with Crippen molar-refractivity contribution in [2.45, 2.75) is 33.1 Å². The Kier molecular flexibility index (Phi) is 6.92. The number of nitrogens with zero attached hydrogens (tertiary/aromatic N) is 1. The number of esters is 1. The van der Waals surface area contributed by atoms with Gasteiger partial charge in [0.1, 0.15) is 0 Å². The fraction of sp³-hybridized carbons (Fsp3) is 0.533. The van der Waals surface area contributed by atoms with Crippen LogP contribution in [0.2, 0.25) is 0 Å². The Morgan fingerprint density at radius 1 is 1.17 bits per heavy atom. The van der Waals surface area contributed by atoms with Crippen LogP contribution in [0.1, 0.15) is 33.1 Å². The van der Waals surface area contributed by atoms with Gasteiger partial charge in [-0.3, -0.25) is 4.79 Å². The van der Waals surface area contributed by atoms with E-state index in [1.165, 1.54) is 5.69 Å². The van der Waals surface area contributed by atoms with E-state index in [-0.39, 0.29) is 5.97 Å². The Labute approximate surface area is 110 Å². The van der Waals surface area contributed by atoms with Gasteiger partial charge in [-0.25, -0.2) is 0 Å². The summed E-state index contributed by atoms with van der Waals surface area (Å²) >= 11 is 0.